The lowest BCUT2D eigenvalue weighted by Crippen LogP contribution is -2.27. The van der Waals surface area contributed by atoms with Gasteiger partial charge in [0.2, 0.25) is 10.0 Å². The summed E-state index contributed by atoms with van der Waals surface area (Å²) >= 11 is 0. The number of Topliss-reactive ketones (excluding diaryl/α,β-unsaturated/α-hetero) is 1. The van der Waals surface area contributed by atoms with Crippen molar-refractivity contribution in [2.24, 2.45) is 0 Å². The molecule has 1 heterocycles. The zero-order valence-electron chi connectivity index (χ0n) is 13.7. The van der Waals surface area contributed by atoms with Crippen LogP contribution < -0.4 is 5.32 Å². The molecule has 0 bridgehead atoms. The van der Waals surface area contributed by atoms with Crippen molar-refractivity contribution in [3.05, 3.63) is 53.3 Å². The second-order valence-electron chi connectivity index (χ2n) is 5.44. The van der Waals surface area contributed by atoms with E-state index in [1.807, 2.05) is 0 Å². The second-order valence-corrected chi connectivity index (χ2v) is 7.56. The van der Waals surface area contributed by atoms with Crippen LogP contribution in [0.5, 0.6) is 0 Å². The minimum Gasteiger partial charge on any atom is -0.356 e. The van der Waals surface area contributed by atoms with Crippen molar-refractivity contribution in [3.8, 4) is 0 Å². The monoisotopic (exact) mass is 349 g/mol. The maximum absolute atomic E-state index is 12.3. The number of aromatic nitrogens is 1. The highest BCUT2D eigenvalue weighted by Gasteiger charge is 2.21. The Balaban J connectivity index is 2.18. The molecule has 0 fully saturated rings. The molecule has 1 amide bonds. The zero-order valence-corrected chi connectivity index (χ0v) is 14.5. The highest BCUT2D eigenvalue weighted by atomic mass is 32.2. The van der Waals surface area contributed by atoms with Crippen molar-refractivity contribution >= 4 is 21.7 Å². The molecule has 0 saturated carbocycles. The number of hydrogen-bond acceptors (Lipinski definition) is 4. The van der Waals surface area contributed by atoms with Crippen molar-refractivity contribution in [1.82, 2.24) is 14.6 Å². The van der Waals surface area contributed by atoms with Crippen molar-refractivity contribution < 1.29 is 18.0 Å². The molecule has 2 rings (SSSR count). The third-order valence-electron chi connectivity index (χ3n) is 3.50. The van der Waals surface area contributed by atoms with Crippen molar-refractivity contribution in [2.75, 3.05) is 14.1 Å². The summed E-state index contributed by atoms with van der Waals surface area (Å²) in [6.07, 6.45) is 1.46. The number of sulfonamides is 1. The summed E-state index contributed by atoms with van der Waals surface area (Å²) in [7, 11) is -0.695. The number of carbonyl (C=O) groups is 2. The lowest BCUT2D eigenvalue weighted by molar-refractivity contribution is 0.0946. The number of rotatable bonds is 6. The molecule has 0 aliphatic rings. The van der Waals surface area contributed by atoms with Gasteiger partial charge in [0.15, 0.2) is 5.78 Å². The fourth-order valence-electron chi connectivity index (χ4n) is 2.10. The Labute approximate surface area is 140 Å². The van der Waals surface area contributed by atoms with Crippen LogP contribution in [0.3, 0.4) is 0 Å². The van der Waals surface area contributed by atoms with Gasteiger partial charge in [0.05, 0.1) is 4.90 Å². The predicted molar refractivity (Wildman–Crippen MR) is 89.3 cm³/mol. The van der Waals surface area contributed by atoms with Gasteiger partial charge in [0.1, 0.15) is 5.69 Å². The number of nitrogens with zero attached hydrogens (tertiary/aromatic N) is 1. The van der Waals surface area contributed by atoms with Crippen LogP contribution in [0.2, 0.25) is 0 Å². The average molecular weight is 349 g/mol. The third-order valence-corrected chi connectivity index (χ3v) is 5.42. The Morgan fingerprint density at radius 2 is 1.88 bits per heavy atom. The molecule has 7 nitrogen and oxygen atoms in total. The largest absolute Gasteiger partial charge is 0.356 e. The van der Waals surface area contributed by atoms with E-state index in [2.05, 4.69) is 10.3 Å². The van der Waals surface area contributed by atoms with Crippen LogP contribution in [0.4, 0.5) is 0 Å². The van der Waals surface area contributed by atoms with E-state index in [4.69, 9.17) is 0 Å². The number of benzene rings is 1. The Hall–Kier alpha value is -2.45. The van der Waals surface area contributed by atoms with E-state index in [0.29, 0.717) is 11.1 Å². The first-order valence-electron chi connectivity index (χ1n) is 7.21. The molecule has 0 atom stereocenters. The maximum atomic E-state index is 12.3. The van der Waals surface area contributed by atoms with Crippen molar-refractivity contribution in [3.63, 3.8) is 0 Å². The average Bonchev–Trinajstić information content (AvgIpc) is 3.03. The summed E-state index contributed by atoms with van der Waals surface area (Å²) in [5, 5.41) is 2.65. The summed E-state index contributed by atoms with van der Waals surface area (Å²) in [5.74, 6) is -0.563. The topological polar surface area (TPSA) is 99.3 Å². The molecule has 1 aromatic carbocycles. The standard InChI is InChI=1S/C16H19N3O4S/c1-11(20)13-8-14(17-10-13)16(21)18-9-12-6-4-5-7-15(12)24(22,23)19(2)3/h4-8,10,17H,9H2,1-3H3,(H,18,21). The normalized spacial score (nSPS) is 11.5. The van der Waals surface area contributed by atoms with E-state index in [0.717, 1.165) is 4.31 Å². The van der Waals surface area contributed by atoms with Crippen LogP contribution in [0.25, 0.3) is 0 Å². The van der Waals surface area contributed by atoms with Gasteiger partial charge in [-0.3, -0.25) is 9.59 Å². The summed E-state index contributed by atoms with van der Waals surface area (Å²) < 4.78 is 25.8. The van der Waals surface area contributed by atoms with Gasteiger partial charge >= 0.3 is 0 Å². The first kappa shape index (κ1) is 17.9. The van der Waals surface area contributed by atoms with Gasteiger partial charge in [0, 0.05) is 32.4 Å². The highest BCUT2D eigenvalue weighted by Crippen LogP contribution is 2.18. The summed E-state index contributed by atoms with van der Waals surface area (Å²) in [4.78, 5) is 26.3. The van der Waals surface area contributed by atoms with E-state index >= 15 is 0 Å². The van der Waals surface area contributed by atoms with Crippen LogP contribution in [-0.4, -0.2) is 43.5 Å². The van der Waals surface area contributed by atoms with Gasteiger partial charge in [-0.05, 0) is 24.6 Å². The van der Waals surface area contributed by atoms with E-state index in [9.17, 15) is 18.0 Å². The van der Waals surface area contributed by atoms with Gasteiger partial charge in [-0.1, -0.05) is 18.2 Å². The lowest BCUT2D eigenvalue weighted by Gasteiger charge is -2.15. The number of nitrogens with one attached hydrogen (secondary N) is 2. The number of H-pyrrole nitrogens is 1. The summed E-state index contributed by atoms with van der Waals surface area (Å²) in [6, 6.07) is 7.94. The SMILES string of the molecule is CC(=O)c1c[nH]c(C(=O)NCc2ccccc2S(=O)(=O)N(C)C)c1. The molecule has 1 aromatic heterocycles. The van der Waals surface area contributed by atoms with E-state index in [1.54, 1.807) is 18.2 Å². The van der Waals surface area contributed by atoms with Crippen molar-refractivity contribution in [1.29, 1.82) is 0 Å². The van der Waals surface area contributed by atoms with Gasteiger partial charge in [0.25, 0.3) is 5.91 Å². The molecule has 0 unspecified atom stereocenters. The zero-order chi connectivity index (χ0) is 17.9. The van der Waals surface area contributed by atoms with Crippen molar-refractivity contribution in [2.45, 2.75) is 18.4 Å². The lowest BCUT2D eigenvalue weighted by atomic mass is 10.2. The molecule has 0 aliphatic heterocycles. The quantitative estimate of drug-likeness (QED) is 0.770. The van der Waals surface area contributed by atoms with Crippen LogP contribution in [0.1, 0.15) is 33.3 Å². The summed E-state index contributed by atoms with van der Waals surface area (Å²) in [6.45, 7) is 1.46. The Morgan fingerprint density at radius 1 is 1.21 bits per heavy atom. The van der Waals surface area contributed by atoms with E-state index < -0.39 is 15.9 Å². The maximum Gasteiger partial charge on any atom is 0.267 e. The number of ketones is 1. The summed E-state index contributed by atoms with van der Waals surface area (Å²) in [5.41, 5.74) is 1.14. The first-order chi connectivity index (χ1) is 11.2. The highest BCUT2D eigenvalue weighted by molar-refractivity contribution is 7.89. The van der Waals surface area contributed by atoms with Crippen LogP contribution >= 0.6 is 0 Å². The molecule has 128 valence electrons. The van der Waals surface area contributed by atoms with Crippen LogP contribution in [-0.2, 0) is 16.6 Å². The predicted octanol–water partition coefficient (Wildman–Crippen LogP) is 1.40. The molecular formula is C16H19N3O4S. The van der Waals surface area contributed by atoms with Crippen LogP contribution in [0.15, 0.2) is 41.4 Å². The molecular weight excluding hydrogens is 330 g/mol. The smallest absolute Gasteiger partial charge is 0.267 e. The molecule has 8 heteroatoms. The van der Waals surface area contributed by atoms with E-state index in [-0.39, 0.29) is 22.9 Å². The molecule has 0 radical (unpaired) electrons. The molecule has 2 N–H and O–H groups in total. The van der Waals surface area contributed by atoms with Crippen LogP contribution in [0, 0.1) is 0 Å². The van der Waals surface area contributed by atoms with Gasteiger partial charge < -0.3 is 10.3 Å². The molecule has 0 aliphatic carbocycles. The fourth-order valence-corrected chi connectivity index (χ4v) is 3.21. The van der Waals surface area contributed by atoms with Gasteiger partial charge in [-0.2, -0.15) is 0 Å². The Bertz CT molecular complexity index is 869. The minimum atomic E-state index is -3.60. The number of aromatic amines is 1. The molecule has 2 aromatic rings. The molecule has 0 saturated heterocycles. The first-order valence-corrected chi connectivity index (χ1v) is 8.65. The number of hydrogen-bond donors (Lipinski definition) is 2. The Morgan fingerprint density at radius 3 is 2.46 bits per heavy atom. The number of amides is 1. The van der Waals surface area contributed by atoms with Gasteiger partial charge in [-0.25, -0.2) is 12.7 Å². The minimum absolute atomic E-state index is 0.0521. The van der Waals surface area contributed by atoms with Gasteiger partial charge in [-0.15, -0.1) is 0 Å². The molecule has 24 heavy (non-hydrogen) atoms. The third kappa shape index (κ3) is 3.72. The molecule has 0 spiro atoms. The second kappa shape index (κ2) is 6.98. The Kier molecular flexibility index (Phi) is 5.20. The fraction of sp³-hybridized carbons (Fsp3) is 0.250. The number of carbonyl (C=O) groups excluding carboxylic acids is 2. The van der Waals surface area contributed by atoms with E-state index in [1.165, 1.54) is 39.3 Å².